The number of nitrogens with zero attached hydrogens (tertiary/aromatic N) is 4. The van der Waals surface area contributed by atoms with Crippen molar-refractivity contribution < 1.29 is 0 Å². The molecule has 0 spiro atoms. The van der Waals surface area contributed by atoms with Gasteiger partial charge in [0.25, 0.3) is 0 Å². The van der Waals surface area contributed by atoms with Crippen LogP contribution in [0.3, 0.4) is 0 Å². The Bertz CT molecular complexity index is 4080. The lowest BCUT2D eigenvalue weighted by Gasteiger charge is -2.16. The number of hydrogen-bond acceptors (Lipinski definition) is 3. The fourth-order valence-electron chi connectivity index (χ4n) is 10.2. The summed E-state index contributed by atoms with van der Waals surface area (Å²) in [5, 5.41) is 13.3. The molecule has 4 nitrogen and oxygen atoms in total. The largest absolute Gasteiger partial charge is 0.308 e. The molecule has 5 heterocycles. The molecule has 9 aromatic carbocycles. The van der Waals surface area contributed by atoms with Crippen molar-refractivity contribution in [2.45, 2.75) is 0 Å². The van der Waals surface area contributed by atoms with E-state index in [9.17, 15) is 0 Å². The lowest BCUT2D eigenvalue weighted by molar-refractivity contribution is 1.02. The fraction of sp³-hybridized carbons (Fsp3) is 0. The van der Waals surface area contributed by atoms with Crippen LogP contribution in [0.15, 0.2) is 182 Å². The number of thiophene rings is 1. The molecule has 0 saturated carbocycles. The van der Waals surface area contributed by atoms with Crippen molar-refractivity contribution in [3.05, 3.63) is 182 Å². The summed E-state index contributed by atoms with van der Waals surface area (Å²) in [6.45, 7) is 0. The highest BCUT2D eigenvalue weighted by molar-refractivity contribution is 7.26. The molecule has 0 atom stereocenters. The van der Waals surface area contributed by atoms with Crippen LogP contribution in [-0.2, 0) is 0 Å². The molecule has 0 unspecified atom stereocenters. The topological polar surface area (TPSA) is 35.1 Å². The molecule has 0 bridgehead atoms. The normalized spacial score (nSPS) is 12.4. The quantitative estimate of drug-likeness (QED) is 0.168. The van der Waals surface area contributed by atoms with Crippen molar-refractivity contribution in [1.29, 1.82) is 0 Å². The van der Waals surface area contributed by atoms with Gasteiger partial charge in [-0.15, -0.1) is 11.3 Å². The highest BCUT2D eigenvalue weighted by atomic mass is 32.1. The second kappa shape index (κ2) is 11.5. The molecular weight excluding hydrogens is 737 g/mol. The van der Waals surface area contributed by atoms with Gasteiger partial charge in [0.1, 0.15) is 0 Å². The lowest BCUT2D eigenvalue weighted by Crippen LogP contribution is -2.04. The number of para-hydroxylation sites is 2. The van der Waals surface area contributed by atoms with Gasteiger partial charge < -0.3 is 4.40 Å². The standard InChI is InChI=1S/C54H30N4S/c1-2-14-31(15-3-1)33-17-6-7-21-37(33)50-40-29-28-32-16-4-5-18-34(32)49(40)55-54(56-50)58-45-26-13-25-44-48(45)47-41(30-42-36-20-9-11-27-46(36)59-53(42)52(47)58)39-23-12-22-38-35-19-8-10-24-43(35)57(44)51(38)39/h1-30H. The maximum absolute atomic E-state index is 5.74. The van der Waals surface area contributed by atoms with E-state index in [1.54, 1.807) is 0 Å². The molecule has 14 aromatic rings. The Balaban J connectivity index is 1.24. The van der Waals surface area contributed by atoms with E-state index in [4.69, 9.17) is 9.97 Å². The van der Waals surface area contributed by atoms with Gasteiger partial charge in [0.15, 0.2) is 0 Å². The molecule has 0 fully saturated rings. The van der Waals surface area contributed by atoms with E-state index in [2.05, 4.69) is 191 Å². The summed E-state index contributed by atoms with van der Waals surface area (Å²) >= 11 is 1.86. The van der Waals surface area contributed by atoms with Crippen molar-refractivity contribution in [2.75, 3.05) is 0 Å². The van der Waals surface area contributed by atoms with Crippen LogP contribution in [0.1, 0.15) is 0 Å². The van der Waals surface area contributed by atoms with Gasteiger partial charge in [-0.1, -0.05) is 146 Å². The highest BCUT2D eigenvalue weighted by Gasteiger charge is 2.27. The van der Waals surface area contributed by atoms with Crippen LogP contribution < -0.4 is 0 Å². The molecule has 59 heavy (non-hydrogen) atoms. The fourth-order valence-corrected chi connectivity index (χ4v) is 11.4. The Morgan fingerprint density at radius 3 is 1.98 bits per heavy atom. The SMILES string of the molecule is c1ccc(-c2ccccc2-c2nc(-n3c4cccc5c4c4c(cc6c7ccccc7sc6c43)c3cccc4c6ccccc6n5c34)nc3c2ccc2ccccc23)cc1. The Hall–Kier alpha value is -7.60. The number of benzene rings is 9. The monoisotopic (exact) mass is 766 g/mol. The minimum absolute atomic E-state index is 0.663. The summed E-state index contributed by atoms with van der Waals surface area (Å²) in [7, 11) is 0. The molecular formula is C54H30N4S. The van der Waals surface area contributed by atoms with E-state index < -0.39 is 0 Å². The molecule has 0 amide bonds. The van der Waals surface area contributed by atoms with Crippen LogP contribution >= 0.6 is 11.3 Å². The van der Waals surface area contributed by atoms with Gasteiger partial charge in [0.05, 0.1) is 43.5 Å². The van der Waals surface area contributed by atoms with Crippen LogP contribution in [0, 0.1) is 0 Å². The number of hydrogen-bond donors (Lipinski definition) is 0. The predicted octanol–water partition coefficient (Wildman–Crippen LogP) is 14.7. The van der Waals surface area contributed by atoms with Crippen molar-refractivity contribution >= 4 is 113 Å². The average molecular weight is 767 g/mol. The zero-order valence-corrected chi connectivity index (χ0v) is 32.3. The summed E-state index contributed by atoms with van der Waals surface area (Å²) in [5.41, 5.74) is 11.1. The van der Waals surface area contributed by atoms with Crippen LogP contribution in [0.2, 0.25) is 0 Å². The van der Waals surface area contributed by atoms with Crippen LogP contribution in [0.4, 0.5) is 0 Å². The summed E-state index contributed by atoms with van der Waals surface area (Å²) in [4.78, 5) is 11.4. The molecule has 0 radical (unpaired) electrons. The molecule has 14 rings (SSSR count). The maximum atomic E-state index is 5.74. The lowest BCUT2D eigenvalue weighted by atomic mass is 9.95. The highest BCUT2D eigenvalue weighted by Crippen LogP contribution is 2.49. The third kappa shape index (κ3) is 4.11. The van der Waals surface area contributed by atoms with Crippen LogP contribution in [0.5, 0.6) is 0 Å². The molecule has 0 saturated heterocycles. The molecule has 0 aliphatic carbocycles. The Morgan fingerprint density at radius 1 is 0.407 bits per heavy atom. The predicted molar refractivity (Wildman–Crippen MR) is 250 cm³/mol. The average Bonchev–Trinajstić information content (AvgIpc) is 3.94. The van der Waals surface area contributed by atoms with Crippen LogP contribution in [-0.4, -0.2) is 18.9 Å². The van der Waals surface area contributed by atoms with E-state index in [1.165, 1.54) is 69.0 Å². The molecule has 0 aliphatic heterocycles. The maximum Gasteiger partial charge on any atom is 0.235 e. The number of fused-ring (bicyclic) bond motifs is 12. The molecule has 0 N–H and O–H groups in total. The Morgan fingerprint density at radius 2 is 1.08 bits per heavy atom. The Kier molecular flexibility index (Phi) is 6.14. The summed E-state index contributed by atoms with van der Waals surface area (Å²) in [6.07, 6.45) is 0. The van der Waals surface area contributed by atoms with Gasteiger partial charge in [-0.25, -0.2) is 9.97 Å². The van der Waals surface area contributed by atoms with Gasteiger partial charge in [-0.05, 0) is 58.3 Å². The van der Waals surface area contributed by atoms with Crippen molar-refractivity contribution in [3.63, 3.8) is 0 Å². The van der Waals surface area contributed by atoms with E-state index in [0.717, 1.165) is 55.1 Å². The smallest absolute Gasteiger partial charge is 0.235 e. The molecule has 5 heteroatoms. The van der Waals surface area contributed by atoms with Crippen molar-refractivity contribution in [3.8, 4) is 28.3 Å². The first-order valence-electron chi connectivity index (χ1n) is 20.1. The second-order valence-electron chi connectivity index (χ2n) is 15.7. The minimum Gasteiger partial charge on any atom is -0.308 e. The second-order valence-corrected chi connectivity index (χ2v) is 16.7. The molecule has 5 aromatic heterocycles. The van der Waals surface area contributed by atoms with E-state index >= 15 is 0 Å². The van der Waals surface area contributed by atoms with Crippen molar-refractivity contribution in [2.24, 2.45) is 0 Å². The number of aromatic nitrogens is 4. The first-order chi connectivity index (χ1) is 29.3. The molecule has 272 valence electrons. The van der Waals surface area contributed by atoms with E-state index in [1.807, 2.05) is 11.3 Å². The summed E-state index contributed by atoms with van der Waals surface area (Å²) in [6, 6.07) is 66.1. The third-order valence-electron chi connectivity index (χ3n) is 12.7. The number of rotatable bonds is 3. The van der Waals surface area contributed by atoms with E-state index in [0.29, 0.717) is 5.95 Å². The minimum atomic E-state index is 0.663. The first kappa shape index (κ1) is 31.5. The van der Waals surface area contributed by atoms with Gasteiger partial charge >= 0.3 is 0 Å². The zero-order valence-electron chi connectivity index (χ0n) is 31.5. The van der Waals surface area contributed by atoms with Gasteiger partial charge in [-0.2, -0.15) is 0 Å². The summed E-state index contributed by atoms with van der Waals surface area (Å²) < 4.78 is 7.41. The van der Waals surface area contributed by atoms with Gasteiger partial charge in [0, 0.05) is 58.7 Å². The van der Waals surface area contributed by atoms with Crippen molar-refractivity contribution in [1.82, 2.24) is 18.9 Å². The summed E-state index contributed by atoms with van der Waals surface area (Å²) in [5.74, 6) is 0.663. The van der Waals surface area contributed by atoms with Crippen LogP contribution in [0.25, 0.3) is 130 Å². The van der Waals surface area contributed by atoms with E-state index in [-0.39, 0.29) is 0 Å². The van der Waals surface area contributed by atoms with Gasteiger partial charge in [0.2, 0.25) is 5.95 Å². The van der Waals surface area contributed by atoms with Gasteiger partial charge in [-0.3, -0.25) is 4.57 Å². The first-order valence-corrected chi connectivity index (χ1v) is 20.9. The Labute approximate surface area is 340 Å². The third-order valence-corrected chi connectivity index (χ3v) is 13.8. The zero-order chi connectivity index (χ0) is 38.3. The molecule has 0 aliphatic rings.